The summed E-state index contributed by atoms with van der Waals surface area (Å²) >= 11 is 13.8. The van der Waals surface area contributed by atoms with Crippen molar-refractivity contribution in [2.45, 2.75) is 10.8 Å². The van der Waals surface area contributed by atoms with E-state index in [9.17, 15) is 5.11 Å². The molecule has 7 N–H and O–H groups in total. The zero-order chi connectivity index (χ0) is 30.0. The van der Waals surface area contributed by atoms with Crippen LogP contribution in [0.15, 0.2) is 74.9 Å². The number of rotatable bonds is 20. The lowest BCUT2D eigenvalue weighted by Gasteiger charge is -2.33. The number of aliphatic hydroxyl groups is 2. The van der Waals surface area contributed by atoms with Crippen molar-refractivity contribution in [3.63, 3.8) is 0 Å². The van der Waals surface area contributed by atoms with E-state index >= 15 is 0 Å². The summed E-state index contributed by atoms with van der Waals surface area (Å²) in [4.78, 5) is 3.35. The van der Waals surface area contributed by atoms with Crippen LogP contribution >= 0.6 is 35.1 Å². The normalized spacial score (nSPS) is 16.9. The van der Waals surface area contributed by atoms with Crippen LogP contribution in [0.2, 0.25) is 0 Å². The Balaban J connectivity index is 1.61. The number of hydrogen-bond acceptors (Lipinski definition) is 11. The van der Waals surface area contributed by atoms with Crippen LogP contribution in [0.1, 0.15) is 11.5 Å². The minimum atomic E-state index is -0.373. The lowest BCUT2D eigenvalue weighted by atomic mass is 9.84. The van der Waals surface area contributed by atoms with Crippen LogP contribution in [-0.2, 0) is 14.2 Å². The van der Waals surface area contributed by atoms with Gasteiger partial charge in [0.1, 0.15) is 0 Å². The molecule has 0 aliphatic carbocycles. The van der Waals surface area contributed by atoms with Gasteiger partial charge in [0.2, 0.25) is 0 Å². The second kappa shape index (κ2) is 20.3. The lowest BCUT2D eigenvalue weighted by molar-refractivity contribution is 0.0124. The molecule has 1 unspecified atom stereocenters. The van der Waals surface area contributed by atoms with E-state index in [0.29, 0.717) is 57.8 Å². The van der Waals surface area contributed by atoms with Crippen molar-refractivity contribution < 1.29 is 24.4 Å². The zero-order valence-corrected chi connectivity index (χ0v) is 25.9. The quantitative estimate of drug-likeness (QED) is 0.0628. The Labute approximate surface area is 257 Å². The van der Waals surface area contributed by atoms with Crippen molar-refractivity contribution in [1.29, 1.82) is 0 Å². The highest BCUT2D eigenvalue weighted by atomic mass is 35.5. The number of allylic oxidation sites excluding steroid dienone is 1. The van der Waals surface area contributed by atoms with Gasteiger partial charge in [-0.2, -0.15) is 0 Å². The van der Waals surface area contributed by atoms with Crippen LogP contribution < -0.4 is 16.3 Å². The molecule has 1 aliphatic rings. The fourth-order valence-electron chi connectivity index (χ4n) is 4.21. The molecule has 1 atom stereocenters. The molecule has 230 valence electrons. The van der Waals surface area contributed by atoms with Gasteiger partial charge in [0.15, 0.2) is 0 Å². The van der Waals surface area contributed by atoms with Gasteiger partial charge in [0, 0.05) is 41.0 Å². The molecular formula is C28H43Cl2N5O5S. The molecule has 1 aromatic rings. The van der Waals surface area contributed by atoms with Crippen LogP contribution in [0.5, 0.6) is 0 Å². The molecule has 1 heterocycles. The summed E-state index contributed by atoms with van der Waals surface area (Å²) in [5.74, 6) is 5.96. The second-order valence-corrected chi connectivity index (χ2v) is 10.9. The molecule has 13 heteroatoms. The molecule has 0 saturated heterocycles. The van der Waals surface area contributed by atoms with Gasteiger partial charge in [0.25, 0.3) is 0 Å². The Hall–Kier alpha value is -1.61. The van der Waals surface area contributed by atoms with Gasteiger partial charge in [0.05, 0.1) is 70.8 Å². The smallest absolute Gasteiger partial charge is 0.0862 e. The molecule has 10 nitrogen and oxygen atoms in total. The van der Waals surface area contributed by atoms with Crippen molar-refractivity contribution in [3.8, 4) is 0 Å². The first kappa shape index (κ1) is 35.6. The summed E-state index contributed by atoms with van der Waals surface area (Å²) < 4.78 is 20.0. The predicted octanol–water partition coefficient (Wildman–Crippen LogP) is 2.49. The van der Waals surface area contributed by atoms with Crippen molar-refractivity contribution in [2.75, 3.05) is 86.1 Å². The van der Waals surface area contributed by atoms with Crippen molar-refractivity contribution >= 4 is 35.1 Å². The summed E-state index contributed by atoms with van der Waals surface area (Å²) in [5.41, 5.74) is 10.9. The minimum absolute atomic E-state index is 0.130. The van der Waals surface area contributed by atoms with Crippen LogP contribution in [0.25, 0.3) is 0 Å². The number of halogens is 2. The Morgan fingerprint density at radius 3 is 2.49 bits per heavy atom. The molecule has 0 saturated carbocycles. The summed E-state index contributed by atoms with van der Waals surface area (Å²) in [5, 5.41) is 20.1. The Morgan fingerprint density at radius 1 is 1.17 bits per heavy atom. The number of hydrazine groups is 1. The van der Waals surface area contributed by atoms with Gasteiger partial charge in [-0.3, -0.25) is 4.72 Å². The van der Waals surface area contributed by atoms with Crippen molar-refractivity contribution in [2.24, 2.45) is 11.6 Å². The number of likely N-dealkylation sites (N-methyl/N-ethyl adjacent to an activating group) is 1. The van der Waals surface area contributed by atoms with E-state index in [1.165, 1.54) is 16.1 Å². The third kappa shape index (κ3) is 12.7. The molecule has 0 bridgehead atoms. The van der Waals surface area contributed by atoms with Crippen LogP contribution in [0.4, 0.5) is 0 Å². The lowest BCUT2D eigenvalue weighted by Crippen LogP contribution is -2.37. The molecule has 0 spiro atoms. The van der Waals surface area contributed by atoms with E-state index in [1.807, 2.05) is 6.08 Å². The average molecular weight is 633 g/mol. The maximum absolute atomic E-state index is 9.29. The molecule has 41 heavy (non-hydrogen) atoms. The third-order valence-electron chi connectivity index (χ3n) is 6.27. The topological polar surface area (TPSA) is 139 Å². The minimum Gasteiger partial charge on any atom is -0.399 e. The fourth-order valence-corrected chi connectivity index (χ4v) is 5.21. The first-order valence-electron chi connectivity index (χ1n) is 13.3. The van der Waals surface area contributed by atoms with Crippen molar-refractivity contribution in [1.82, 2.24) is 14.6 Å². The molecule has 0 fully saturated rings. The largest absolute Gasteiger partial charge is 0.399 e. The van der Waals surface area contributed by atoms with Gasteiger partial charge in [-0.1, -0.05) is 41.9 Å². The highest BCUT2D eigenvalue weighted by Gasteiger charge is 2.27. The van der Waals surface area contributed by atoms with Gasteiger partial charge < -0.3 is 40.1 Å². The molecule has 1 aromatic carbocycles. The van der Waals surface area contributed by atoms with Crippen LogP contribution in [0.3, 0.4) is 0 Å². The summed E-state index contributed by atoms with van der Waals surface area (Å²) in [6, 6.07) is 8.45. The molecule has 1 aliphatic heterocycles. The summed E-state index contributed by atoms with van der Waals surface area (Å²) in [6.45, 7) is 8.48. The number of aliphatic hydroxyl groups excluding tert-OH is 2. The van der Waals surface area contributed by atoms with Gasteiger partial charge in [-0.15, -0.1) is 0 Å². The van der Waals surface area contributed by atoms with Gasteiger partial charge in [-0.05, 0) is 53.9 Å². The van der Waals surface area contributed by atoms with E-state index in [2.05, 4.69) is 47.5 Å². The number of benzene rings is 1. The fraction of sp³-hybridized carbons (Fsp3) is 0.500. The average Bonchev–Trinajstić information content (AvgIpc) is 2.96. The van der Waals surface area contributed by atoms with Crippen LogP contribution in [0, 0.1) is 0 Å². The number of nitrogens with zero attached hydrogens (tertiary/aromatic N) is 2. The first-order valence-corrected chi connectivity index (χ1v) is 14.9. The maximum Gasteiger partial charge on any atom is 0.0862 e. The highest BCUT2D eigenvalue weighted by Crippen LogP contribution is 2.37. The van der Waals surface area contributed by atoms with E-state index < -0.39 is 0 Å². The first-order chi connectivity index (χ1) is 19.8. The summed E-state index contributed by atoms with van der Waals surface area (Å²) in [6.07, 6.45) is 1.92. The van der Waals surface area contributed by atoms with E-state index in [1.54, 1.807) is 11.9 Å². The molecule has 0 radical (unpaired) electrons. The van der Waals surface area contributed by atoms with Gasteiger partial charge >= 0.3 is 0 Å². The number of nitrogens with two attached hydrogens (primary N) is 2. The van der Waals surface area contributed by atoms with Gasteiger partial charge in [-0.25, -0.2) is 5.84 Å². The highest BCUT2D eigenvalue weighted by molar-refractivity contribution is 7.97. The SMILES string of the molecule is C=C(Cl)C1=C(/C=C/Cl)C(c2cccc(SNCCOCCOCCOCCN(N)/C(CO)=C(\N)CO)c2)CN(C)C1. The monoisotopic (exact) mass is 631 g/mol. The molecule has 0 amide bonds. The van der Waals surface area contributed by atoms with E-state index in [4.69, 9.17) is 54.1 Å². The van der Waals surface area contributed by atoms with Crippen molar-refractivity contribution in [3.05, 3.63) is 75.6 Å². The standard InChI is InChI=1S/C28H43Cl2N5O5S/c1-21(30)25-17-34(2)18-26(24(25)6-7-29)22-4-3-5-23(16-22)41-33-8-10-38-12-14-40-15-13-39-11-9-35(32)28(20-37)27(31)19-36/h3-7,16,26,33,36-37H,1,8-15,17-20,31-32H2,2H3/b7-6+,28-27-. The maximum atomic E-state index is 9.29. The van der Waals surface area contributed by atoms with E-state index in [-0.39, 0.29) is 30.5 Å². The molecular weight excluding hydrogens is 589 g/mol. The number of nitrogens with one attached hydrogen (secondary N) is 1. The number of ether oxygens (including phenoxy) is 3. The zero-order valence-electron chi connectivity index (χ0n) is 23.6. The van der Waals surface area contributed by atoms with E-state index in [0.717, 1.165) is 29.1 Å². The number of hydrogen-bond donors (Lipinski definition) is 5. The Kier molecular flexibility index (Phi) is 17.6. The Morgan fingerprint density at radius 2 is 1.85 bits per heavy atom. The molecule has 0 aromatic heterocycles. The predicted molar refractivity (Wildman–Crippen MR) is 166 cm³/mol. The second-order valence-electron chi connectivity index (χ2n) is 9.27. The molecule has 2 rings (SSSR count). The Bertz CT molecular complexity index is 1040. The van der Waals surface area contributed by atoms with Crippen LogP contribution in [-0.4, -0.2) is 106 Å². The summed E-state index contributed by atoms with van der Waals surface area (Å²) in [7, 11) is 2.08. The third-order valence-corrected chi connectivity index (χ3v) is 7.47.